The average molecular weight is 468 g/mol. The zero-order valence-corrected chi connectivity index (χ0v) is 20.5. The number of hydrogen-bond donors (Lipinski definition) is 1. The number of halogens is 1. The Balaban J connectivity index is 0.00000342. The van der Waals surface area contributed by atoms with Crippen LogP contribution in [0.25, 0.3) is 0 Å². The molecule has 0 unspecified atom stereocenters. The Kier molecular flexibility index (Phi) is 7.67. The van der Waals surface area contributed by atoms with Gasteiger partial charge in [0.1, 0.15) is 5.82 Å². The van der Waals surface area contributed by atoms with Crippen LogP contribution in [0, 0.1) is 18.7 Å². The van der Waals surface area contributed by atoms with Crippen molar-refractivity contribution in [1.29, 1.82) is 0 Å². The summed E-state index contributed by atoms with van der Waals surface area (Å²) in [6, 6.07) is 12.8. The van der Waals surface area contributed by atoms with Crippen LogP contribution in [0.3, 0.4) is 0 Å². The van der Waals surface area contributed by atoms with Gasteiger partial charge in [0.05, 0.1) is 5.92 Å². The summed E-state index contributed by atoms with van der Waals surface area (Å²) in [6.07, 6.45) is 4.33. The third-order valence-electron chi connectivity index (χ3n) is 7.57. The normalized spacial score (nSPS) is 20.4. The average Bonchev–Trinajstić information content (AvgIpc) is 3.38. The molecule has 2 aromatic carbocycles. The highest BCUT2D eigenvalue weighted by atomic mass is 19.1. The Morgan fingerprint density at radius 3 is 2.50 bits per heavy atom. The summed E-state index contributed by atoms with van der Waals surface area (Å²) in [5.74, 6) is -0.194. The van der Waals surface area contributed by atoms with E-state index in [2.05, 4.69) is 17.1 Å². The second-order valence-electron chi connectivity index (χ2n) is 9.92. The van der Waals surface area contributed by atoms with Crippen LogP contribution in [-0.4, -0.2) is 47.3 Å². The molecular weight excluding hydrogens is 429 g/mol. The van der Waals surface area contributed by atoms with Crippen molar-refractivity contribution in [3.8, 4) is 0 Å². The molecule has 1 heterocycles. The fourth-order valence-corrected chi connectivity index (χ4v) is 5.32. The Hall–Kier alpha value is -2.73. The van der Waals surface area contributed by atoms with Crippen molar-refractivity contribution in [1.82, 2.24) is 9.80 Å². The van der Waals surface area contributed by atoms with Gasteiger partial charge in [0.25, 0.3) is 0 Å². The summed E-state index contributed by atoms with van der Waals surface area (Å²) in [5.41, 5.74) is 2.95. The SMILES string of the molecule is Cc1c(NC(=O)[C@H](C)c2ccccc2)ccc(F)c1CN1CCN(C(=O)C2CCCC2)[C@@H](C)C1.[HH]. The van der Waals surface area contributed by atoms with Crippen LogP contribution >= 0.6 is 0 Å². The maximum atomic E-state index is 14.8. The number of hydrogen-bond acceptors (Lipinski definition) is 3. The molecule has 1 saturated carbocycles. The summed E-state index contributed by atoms with van der Waals surface area (Å²) in [6.45, 7) is 8.42. The smallest absolute Gasteiger partial charge is 0.231 e. The minimum absolute atomic E-state index is 0. The fraction of sp³-hybridized carbons (Fsp3) is 0.500. The Morgan fingerprint density at radius 2 is 1.82 bits per heavy atom. The predicted octanol–water partition coefficient (Wildman–Crippen LogP) is 5.35. The molecule has 2 fully saturated rings. The van der Waals surface area contributed by atoms with E-state index >= 15 is 0 Å². The van der Waals surface area contributed by atoms with E-state index in [0.717, 1.165) is 49.9 Å². The minimum atomic E-state index is -0.305. The Morgan fingerprint density at radius 1 is 1.12 bits per heavy atom. The van der Waals surface area contributed by atoms with Crippen molar-refractivity contribution >= 4 is 17.5 Å². The van der Waals surface area contributed by atoms with Crippen LogP contribution in [0.2, 0.25) is 0 Å². The van der Waals surface area contributed by atoms with Gasteiger partial charge in [0.15, 0.2) is 0 Å². The highest BCUT2D eigenvalue weighted by Gasteiger charge is 2.33. The molecule has 0 bridgehead atoms. The first kappa shape index (κ1) is 24.4. The van der Waals surface area contributed by atoms with Crippen LogP contribution < -0.4 is 5.32 Å². The van der Waals surface area contributed by atoms with Crippen molar-refractivity contribution in [3.63, 3.8) is 0 Å². The molecule has 1 saturated heterocycles. The van der Waals surface area contributed by atoms with Gasteiger partial charge < -0.3 is 10.2 Å². The molecule has 0 aromatic heterocycles. The lowest BCUT2D eigenvalue weighted by atomic mass is 9.99. The minimum Gasteiger partial charge on any atom is -0.337 e. The molecule has 2 amide bonds. The number of piperazine rings is 1. The predicted molar refractivity (Wildman–Crippen MR) is 135 cm³/mol. The first-order valence-corrected chi connectivity index (χ1v) is 12.5. The van der Waals surface area contributed by atoms with E-state index in [-0.39, 0.29) is 31.0 Å². The lowest BCUT2D eigenvalue weighted by Gasteiger charge is -2.41. The van der Waals surface area contributed by atoms with Crippen molar-refractivity contribution < 1.29 is 15.4 Å². The fourth-order valence-electron chi connectivity index (χ4n) is 5.32. The van der Waals surface area contributed by atoms with Crippen LogP contribution in [-0.2, 0) is 16.1 Å². The molecule has 2 atom stereocenters. The molecule has 6 heteroatoms. The van der Waals surface area contributed by atoms with E-state index in [9.17, 15) is 14.0 Å². The molecule has 1 aliphatic heterocycles. The zero-order chi connectivity index (χ0) is 24.2. The zero-order valence-electron chi connectivity index (χ0n) is 20.5. The topological polar surface area (TPSA) is 52.7 Å². The molecule has 0 radical (unpaired) electrons. The Bertz CT molecular complexity index is 1030. The molecule has 2 aromatic rings. The van der Waals surface area contributed by atoms with Gasteiger partial charge in [0.2, 0.25) is 11.8 Å². The van der Waals surface area contributed by atoms with E-state index in [4.69, 9.17) is 0 Å². The largest absolute Gasteiger partial charge is 0.337 e. The number of anilines is 1. The number of benzene rings is 2. The number of carbonyl (C=O) groups excluding carboxylic acids is 2. The van der Waals surface area contributed by atoms with Gasteiger partial charge in [-0.1, -0.05) is 43.2 Å². The summed E-state index contributed by atoms with van der Waals surface area (Å²) in [7, 11) is 0. The van der Waals surface area contributed by atoms with E-state index in [1.165, 1.54) is 6.07 Å². The number of nitrogens with one attached hydrogen (secondary N) is 1. The second kappa shape index (κ2) is 10.7. The molecular formula is C28H38FN3O2. The van der Waals surface area contributed by atoms with Crippen molar-refractivity contribution in [2.24, 2.45) is 5.92 Å². The number of rotatable bonds is 6. The maximum absolute atomic E-state index is 14.8. The van der Waals surface area contributed by atoms with Crippen LogP contribution in [0.1, 0.15) is 63.6 Å². The van der Waals surface area contributed by atoms with Gasteiger partial charge in [-0.2, -0.15) is 0 Å². The molecule has 2 aliphatic rings. The standard InChI is InChI=1S/C28H36FN3O2.H2/c1-19-17-31(15-16-32(19)28(34)23-11-7-8-12-23)18-24-21(3)26(14-13-25(24)29)30-27(33)20(2)22-9-5-4-6-10-22;/h4-6,9-10,13-14,19-20,23H,7-8,11-12,15-18H2,1-3H3,(H,30,33);1H/t19-,20+;/m0./s1. The van der Waals surface area contributed by atoms with Gasteiger partial charge in [0, 0.05) is 50.8 Å². The summed E-state index contributed by atoms with van der Waals surface area (Å²) >= 11 is 0. The van der Waals surface area contributed by atoms with Crippen LogP contribution in [0.4, 0.5) is 10.1 Å². The van der Waals surface area contributed by atoms with E-state index in [0.29, 0.717) is 30.2 Å². The van der Waals surface area contributed by atoms with Crippen molar-refractivity contribution in [2.75, 3.05) is 25.0 Å². The van der Waals surface area contributed by atoms with Crippen LogP contribution in [0.5, 0.6) is 0 Å². The Labute approximate surface area is 203 Å². The van der Waals surface area contributed by atoms with E-state index in [1.807, 2.05) is 49.1 Å². The van der Waals surface area contributed by atoms with E-state index < -0.39 is 0 Å². The monoisotopic (exact) mass is 467 g/mol. The molecule has 5 nitrogen and oxygen atoms in total. The van der Waals surface area contributed by atoms with Gasteiger partial charge in [-0.25, -0.2) is 4.39 Å². The molecule has 184 valence electrons. The highest BCUT2D eigenvalue weighted by Crippen LogP contribution is 2.29. The van der Waals surface area contributed by atoms with Gasteiger partial charge in [-0.15, -0.1) is 0 Å². The van der Waals surface area contributed by atoms with Crippen molar-refractivity contribution in [3.05, 3.63) is 65.0 Å². The number of carbonyl (C=O) groups is 2. The number of nitrogens with zero attached hydrogens (tertiary/aromatic N) is 2. The molecule has 0 spiro atoms. The maximum Gasteiger partial charge on any atom is 0.231 e. The summed E-state index contributed by atoms with van der Waals surface area (Å²) < 4.78 is 14.8. The molecule has 34 heavy (non-hydrogen) atoms. The molecule has 1 aliphatic carbocycles. The van der Waals surface area contributed by atoms with Crippen molar-refractivity contribution in [2.45, 2.75) is 65.0 Å². The van der Waals surface area contributed by atoms with Gasteiger partial charge in [-0.3, -0.25) is 14.5 Å². The lowest BCUT2D eigenvalue weighted by Crippen LogP contribution is -2.54. The third kappa shape index (κ3) is 5.33. The first-order valence-electron chi connectivity index (χ1n) is 12.5. The summed E-state index contributed by atoms with van der Waals surface area (Å²) in [5, 5.41) is 3.00. The lowest BCUT2D eigenvalue weighted by molar-refractivity contribution is -0.140. The van der Waals surface area contributed by atoms with E-state index in [1.54, 1.807) is 6.07 Å². The number of amides is 2. The third-order valence-corrected chi connectivity index (χ3v) is 7.57. The van der Waals surface area contributed by atoms with Gasteiger partial charge >= 0.3 is 0 Å². The highest BCUT2D eigenvalue weighted by molar-refractivity contribution is 5.96. The molecule has 1 N–H and O–H groups in total. The quantitative estimate of drug-likeness (QED) is 0.624. The summed E-state index contributed by atoms with van der Waals surface area (Å²) in [4.78, 5) is 30.0. The van der Waals surface area contributed by atoms with Gasteiger partial charge in [-0.05, 0) is 56.9 Å². The van der Waals surface area contributed by atoms with Crippen LogP contribution in [0.15, 0.2) is 42.5 Å². The second-order valence-corrected chi connectivity index (χ2v) is 9.92. The molecule has 4 rings (SSSR count). The first-order chi connectivity index (χ1) is 16.3.